The molecule has 18 heavy (non-hydrogen) atoms. The van der Waals surface area contributed by atoms with Crippen molar-refractivity contribution in [1.82, 2.24) is 0 Å². The van der Waals surface area contributed by atoms with Crippen molar-refractivity contribution in [2.75, 3.05) is 0 Å². The highest BCUT2D eigenvalue weighted by molar-refractivity contribution is 5.00. The van der Waals surface area contributed by atoms with Crippen LogP contribution >= 0.6 is 0 Å². The number of aliphatic hydroxyl groups is 1. The van der Waals surface area contributed by atoms with Crippen LogP contribution in [0.5, 0.6) is 0 Å². The maximum absolute atomic E-state index is 10.6. The van der Waals surface area contributed by atoms with E-state index in [2.05, 4.69) is 20.8 Å². The lowest BCUT2D eigenvalue weighted by molar-refractivity contribution is -0.0929. The highest BCUT2D eigenvalue weighted by Gasteiger charge is 2.50. The third-order valence-electron chi connectivity index (χ3n) is 5.93. The van der Waals surface area contributed by atoms with Crippen LogP contribution in [0, 0.1) is 35.0 Å². The van der Waals surface area contributed by atoms with Crippen molar-refractivity contribution < 1.29 is 5.11 Å². The molecule has 0 aromatic heterocycles. The number of hydrogen-bond acceptors (Lipinski definition) is 1. The fourth-order valence-corrected chi connectivity index (χ4v) is 5.37. The van der Waals surface area contributed by atoms with Crippen molar-refractivity contribution in [2.45, 2.75) is 71.8 Å². The van der Waals surface area contributed by atoms with Gasteiger partial charge in [-0.25, -0.2) is 0 Å². The second kappa shape index (κ2) is 4.51. The van der Waals surface area contributed by atoms with Gasteiger partial charge in [0.05, 0.1) is 6.10 Å². The van der Waals surface area contributed by atoms with Gasteiger partial charge in [-0.2, -0.15) is 0 Å². The van der Waals surface area contributed by atoms with Gasteiger partial charge in [0.25, 0.3) is 0 Å². The molecule has 104 valence electrons. The molecule has 4 saturated carbocycles. The van der Waals surface area contributed by atoms with E-state index >= 15 is 0 Å². The Morgan fingerprint density at radius 1 is 0.944 bits per heavy atom. The van der Waals surface area contributed by atoms with Crippen LogP contribution in [0.1, 0.15) is 65.7 Å². The summed E-state index contributed by atoms with van der Waals surface area (Å²) in [6.45, 7) is 6.86. The molecule has 0 heterocycles. The van der Waals surface area contributed by atoms with Gasteiger partial charge in [-0.15, -0.1) is 0 Å². The number of aliphatic hydroxyl groups excluding tert-OH is 1. The molecule has 1 N–H and O–H groups in total. The first-order valence-corrected chi connectivity index (χ1v) is 8.10. The van der Waals surface area contributed by atoms with E-state index in [4.69, 9.17) is 0 Å². The maximum atomic E-state index is 10.6. The Kier molecular flexibility index (Phi) is 3.25. The standard InChI is InChI=1S/C17H30O/c1-17(2,3)5-4-15(18)16-13-7-11-6-12(9-13)10-14(16)8-11/h11-16,18H,4-10H2,1-3H3. The molecule has 0 aromatic carbocycles. The molecule has 0 spiro atoms. The number of hydrogen-bond donors (Lipinski definition) is 1. The fraction of sp³-hybridized carbons (Fsp3) is 1.00. The van der Waals surface area contributed by atoms with Crippen LogP contribution in [0.2, 0.25) is 0 Å². The summed E-state index contributed by atoms with van der Waals surface area (Å²) in [5.41, 5.74) is 0.368. The Bertz CT molecular complexity index is 273. The van der Waals surface area contributed by atoms with E-state index in [0.29, 0.717) is 11.3 Å². The minimum atomic E-state index is -0.0146. The van der Waals surface area contributed by atoms with E-state index in [1.807, 2.05) is 0 Å². The minimum absolute atomic E-state index is 0.0146. The average Bonchev–Trinajstić information content (AvgIpc) is 2.23. The van der Waals surface area contributed by atoms with Crippen LogP contribution in [0.15, 0.2) is 0 Å². The first-order valence-electron chi connectivity index (χ1n) is 8.10. The lowest BCUT2D eigenvalue weighted by Gasteiger charge is -2.55. The summed E-state index contributed by atoms with van der Waals surface area (Å²) in [6.07, 6.45) is 9.42. The third kappa shape index (κ3) is 2.48. The molecule has 4 fully saturated rings. The Morgan fingerprint density at radius 3 is 1.89 bits per heavy atom. The van der Waals surface area contributed by atoms with Crippen LogP contribution in [0.25, 0.3) is 0 Å². The first-order chi connectivity index (χ1) is 8.42. The lowest BCUT2D eigenvalue weighted by Crippen LogP contribution is -2.49. The number of rotatable bonds is 3. The van der Waals surface area contributed by atoms with Crippen molar-refractivity contribution in [3.05, 3.63) is 0 Å². The summed E-state index contributed by atoms with van der Waals surface area (Å²) >= 11 is 0. The van der Waals surface area contributed by atoms with E-state index in [1.165, 1.54) is 32.1 Å². The molecule has 0 aromatic rings. The lowest BCUT2D eigenvalue weighted by atomic mass is 9.50. The molecule has 0 amide bonds. The van der Waals surface area contributed by atoms with Crippen molar-refractivity contribution in [3.8, 4) is 0 Å². The Morgan fingerprint density at radius 2 is 1.44 bits per heavy atom. The zero-order valence-corrected chi connectivity index (χ0v) is 12.4. The van der Waals surface area contributed by atoms with Crippen molar-refractivity contribution in [1.29, 1.82) is 0 Å². The van der Waals surface area contributed by atoms with Gasteiger partial charge in [-0.1, -0.05) is 20.8 Å². The van der Waals surface area contributed by atoms with Gasteiger partial charge >= 0.3 is 0 Å². The molecule has 4 bridgehead atoms. The minimum Gasteiger partial charge on any atom is -0.393 e. The Balaban J connectivity index is 1.62. The summed E-state index contributed by atoms with van der Waals surface area (Å²) in [6, 6.07) is 0. The van der Waals surface area contributed by atoms with Gasteiger partial charge in [0, 0.05) is 0 Å². The van der Waals surface area contributed by atoms with Crippen LogP contribution in [0.3, 0.4) is 0 Å². The molecule has 0 saturated heterocycles. The Hall–Kier alpha value is -0.0400. The normalized spacial score (nSPS) is 44.3. The smallest absolute Gasteiger partial charge is 0.0573 e. The van der Waals surface area contributed by atoms with Crippen LogP contribution in [0.4, 0.5) is 0 Å². The van der Waals surface area contributed by atoms with Crippen LogP contribution < -0.4 is 0 Å². The van der Waals surface area contributed by atoms with Gasteiger partial charge in [0.2, 0.25) is 0 Å². The van der Waals surface area contributed by atoms with E-state index in [-0.39, 0.29) is 6.10 Å². The van der Waals surface area contributed by atoms with Gasteiger partial charge in [0.1, 0.15) is 0 Å². The van der Waals surface area contributed by atoms with E-state index in [0.717, 1.165) is 36.5 Å². The highest BCUT2D eigenvalue weighted by atomic mass is 16.3. The molecular weight excluding hydrogens is 220 g/mol. The maximum Gasteiger partial charge on any atom is 0.0573 e. The van der Waals surface area contributed by atoms with Crippen LogP contribution in [-0.2, 0) is 0 Å². The molecule has 4 aliphatic rings. The quantitative estimate of drug-likeness (QED) is 0.794. The van der Waals surface area contributed by atoms with Gasteiger partial charge in [-0.05, 0) is 80.0 Å². The molecule has 0 aliphatic heterocycles. The monoisotopic (exact) mass is 250 g/mol. The second-order valence-corrected chi connectivity index (χ2v) is 8.67. The summed E-state index contributed by atoms with van der Waals surface area (Å²) in [4.78, 5) is 0. The SMILES string of the molecule is CC(C)(C)CCC(O)C1C2CC3CC(C2)CC1C3. The predicted molar refractivity (Wildman–Crippen MR) is 75.2 cm³/mol. The summed E-state index contributed by atoms with van der Waals surface area (Å²) in [7, 11) is 0. The molecule has 0 radical (unpaired) electrons. The summed E-state index contributed by atoms with van der Waals surface area (Å²) in [5, 5.41) is 10.6. The van der Waals surface area contributed by atoms with Crippen molar-refractivity contribution in [3.63, 3.8) is 0 Å². The van der Waals surface area contributed by atoms with E-state index < -0.39 is 0 Å². The zero-order valence-electron chi connectivity index (χ0n) is 12.4. The first kappa shape index (κ1) is 13.0. The molecule has 1 atom stereocenters. The van der Waals surface area contributed by atoms with Crippen molar-refractivity contribution >= 4 is 0 Å². The van der Waals surface area contributed by atoms with Gasteiger partial charge < -0.3 is 5.11 Å². The van der Waals surface area contributed by atoms with Gasteiger partial charge in [-0.3, -0.25) is 0 Å². The third-order valence-corrected chi connectivity index (χ3v) is 5.93. The molecular formula is C17H30O. The predicted octanol–water partition coefficient (Wildman–Crippen LogP) is 4.25. The summed E-state index contributed by atoms with van der Waals surface area (Å²) < 4.78 is 0. The Labute approximate surface area is 112 Å². The molecule has 1 unspecified atom stereocenters. The summed E-state index contributed by atoms with van der Waals surface area (Å²) in [5.74, 6) is 4.45. The van der Waals surface area contributed by atoms with Crippen LogP contribution in [-0.4, -0.2) is 11.2 Å². The van der Waals surface area contributed by atoms with Gasteiger partial charge in [0.15, 0.2) is 0 Å². The van der Waals surface area contributed by atoms with E-state index in [1.54, 1.807) is 0 Å². The second-order valence-electron chi connectivity index (χ2n) is 8.67. The largest absolute Gasteiger partial charge is 0.393 e. The van der Waals surface area contributed by atoms with E-state index in [9.17, 15) is 5.11 Å². The molecule has 1 heteroatoms. The average molecular weight is 250 g/mol. The highest BCUT2D eigenvalue weighted by Crippen LogP contribution is 2.57. The fourth-order valence-electron chi connectivity index (χ4n) is 5.37. The molecule has 4 rings (SSSR count). The zero-order chi connectivity index (χ0) is 12.9. The topological polar surface area (TPSA) is 20.2 Å². The van der Waals surface area contributed by atoms with Crippen molar-refractivity contribution in [2.24, 2.45) is 35.0 Å². The molecule has 1 nitrogen and oxygen atoms in total. The molecule has 4 aliphatic carbocycles.